The van der Waals surface area contributed by atoms with Crippen LogP contribution in [0.5, 0.6) is 11.5 Å². The minimum absolute atomic E-state index is 0.101. The first kappa shape index (κ1) is 23.6. The van der Waals surface area contributed by atoms with Crippen LogP contribution in [0.25, 0.3) is 0 Å². The normalized spacial score (nSPS) is 19.6. The Morgan fingerprint density at radius 3 is 2.67 bits per heavy atom. The van der Waals surface area contributed by atoms with Crippen LogP contribution >= 0.6 is 0 Å². The van der Waals surface area contributed by atoms with Crippen LogP contribution in [-0.2, 0) is 21.2 Å². The van der Waals surface area contributed by atoms with Gasteiger partial charge in [-0.1, -0.05) is 36.4 Å². The third kappa shape index (κ3) is 6.06. The molecule has 1 saturated heterocycles. The van der Waals surface area contributed by atoms with Gasteiger partial charge in [-0.05, 0) is 55.9 Å². The molecule has 0 aromatic heterocycles. The van der Waals surface area contributed by atoms with E-state index in [1.807, 2.05) is 55.5 Å². The molecule has 178 valence electrons. The molecule has 2 aromatic rings. The van der Waals surface area contributed by atoms with Gasteiger partial charge in [0.1, 0.15) is 13.2 Å². The molecule has 2 atom stereocenters. The summed E-state index contributed by atoms with van der Waals surface area (Å²) in [5, 5.41) is 3.05. The monoisotopic (exact) mass is 472 g/mol. The third-order valence-corrected chi connectivity index (χ3v) is 8.21. The van der Waals surface area contributed by atoms with E-state index in [1.165, 1.54) is 4.31 Å². The maximum atomic E-state index is 13.0. The smallest absolute Gasteiger partial charge is 0.224 e. The van der Waals surface area contributed by atoms with Crippen LogP contribution in [-0.4, -0.2) is 50.7 Å². The molecule has 2 heterocycles. The maximum Gasteiger partial charge on any atom is 0.224 e. The zero-order chi connectivity index (χ0) is 23.3. The topological polar surface area (TPSA) is 84.9 Å². The second-order valence-corrected chi connectivity index (χ2v) is 10.8. The van der Waals surface area contributed by atoms with Crippen LogP contribution in [0.2, 0.25) is 0 Å². The first-order valence-corrected chi connectivity index (χ1v) is 13.2. The minimum atomic E-state index is -3.39. The van der Waals surface area contributed by atoms with Gasteiger partial charge in [0, 0.05) is 13.1 Å². The van der Waals surface area contributed by atoms with E-state index in [2.05, 4.69) is 5.32 Å². The predicted octanol–water partition coefficient (Wildman–Crippen LogP) is 3.31. The highest BCUT2D eigenvalue weighted by molar-refractivity contribution is 7.89. The van der Waals surface area contributed by atoms with E-state index in [-0.39, 0.29) is 30.2 Å². The molecular weight excluding hydrogens is 440 g/mol. The lowest BCUT2D eigenvalue weighted by atomic mass is 9.97. The van der Waals surface area contributed by atoms with Crippen molar-refractivity contribution in [3.8, 4) is 11.5 Å². The van der Waals surface area contributed by atoms with Gasteiger partial charge in [0.05, 0.1) is 17.7 Å². The number of carbonyl (C=O) groups is 1. The Morgan fingerprint density at radius 1 is 1.12 bits per heavy atom. The number of carbonyl (C=O) groups excluding carboxylic acids is 1. The second kappa shape index (κ2) is 10.6. The summed E-state index contributed by atoms with van der Waals surface area (Å²) < 4.78 is 38.5. The number of hydrogen-bond acceptors (Lipinski definition) is 5. The van der Waals surface area contributed by atoms with E-state index < -0.39 is 10.0 Å². The number of benzene rings is 2. The van der Waals surface area contributed by atoms with Crippen molar-refractivity contribution >= 4 is 15.9 Å². The highest BCUT2D eigenvalue weighted by Gasteiger charge is 2.32. The highest BCUT2D eigenvalue weighted by Crippen LogP contribution is 2.32. The molecule has 7 nitrogen and oxygen atoms in total. The molecule has 1 amide bonds. The van der Waals surface area contributed by atoms with Crippen LogP contribution in [0.4, 0.5) is 0 Å². The van der Waals surface area contributed by atoms with Crippen molar-refractivity contribution in [2.75, 3.05) is 32.1 Å². The summed E-state index contributed by atoms with van der Waals surface area (Å²) in [6, 6.07) is 15.4. The number of sulfonamides is 1. The van der Waals surface area contributed by atoms with Gasteiger partial charge >= 0.3 is 0 Å². The molecule has 0 unspecified atom stereocenters. The van der Waals surface area contributed by atoms with Crippen LogP contribution in [0.15, 0.2) is 48.5 Å². The van der Waals surface area contributed by atoms with Gasteiger partial charge in [0.2, 0.25) is 15.9 Å². The fourth-order valence-electron chi connectivity index (χ4n) is 4.39. The molecule has 0 bridgehead atoms. The van der Waals surface area contributed by atoms with Gasteiger partial charge in [-0.2, -0.15) is 0 Å². The number of piperidine rings is 1. The molecule has 2 aliphatic heterocycles. The third-order valence-electron chi connectivity index (χ3n) is 6.28. The summed E-state index contributed by atoms with van der Waals surface area (Å²) in [4.78, 5) is 13.0. The number of ether oxygens (including phenoxy) is 2. The van der Waals surface area contributed by atoms with Crippen molar-refractivity contribution < 1.29 is 22.7 Å². The summed E-state index contributed by atoms with van der Waals surface area (Å²) in [7, 11) is -3.39. The van der Waals surface area contributed by atoms with Crippen molar-refractivity contribution in [3.05, 3.63) is 59.7 Å². The molecule has 33 heavy (non-hydrogen) atoms. The van der Waals surface area contributed by atoms with Gasteiger partial charge in [0.15, 0.2) is 11.5 Å². The Labute approximate surface area is 196 Å². The molecule has 8 heteroatoms. The average molecular weight is 473 g/mol. The van der Waals surface area contributed by atoms with Crippen LogP contribution in [0.3, 0.4) is 0 Å². The number of nitrogens with zero attached hydrogens (tertiary/aromatic N) is 1. The lowest BCUT2D eigenvalue weighted by Gasteiger charge is -2.32. The molecule has 0 saturated carbocycles. The van der Waals surface area contributed by atoms with Gasteiger partial charge in [0.25, 0.3) is 0 Å². The SMILES string of the molecule is C[C@H](NC(=O)[C@H]1CCCN(S(=O)(=O)CCCc2ccccc2)C1)c1ccc2c(c1)OCCO2. The maximum absolute atomic E-state index is 13.0. The molecule has 1 N–H and O–H groups in total. The Hall–Kier alpha value is -2.58. The summed E-state index contributed by atoms with van der Waals surface area (Å²) in [5.74, 6) is 1.04. The molecule has 2 aliphatic rings. The Kier molecular flexibility index (Phi) is 7.55. The number of amides is 1. The number of hydrogen-bond donors (Lipinski definition) is 1. The summed E-state index contributed by atoms with van der Waals surface area (Å²) in [6.07, 6.45) is 2.68. The number of fused-ring (bicyclic) bond motifs is 1. The largest absolute Gasteiger partial charge is 0.486 e. The van der Waals surface area contributed by atoms with Crippen LogP contribution in [0, 0.1) is 5.92 Å². The lowest BCUT2D eigenvalue weighted by Crippen LogP contribution is -2.46. The molecule has 0 radical (unpaired) electrons. The van der Waals surface area contributed by atoms with E-state index in [4.69, 9.17) is 9.47 Å². The quantitative estimate of drug-likeness (QED) is 0.637. The van der Waals surface area contributed by atoms with Crippen molar-refractivity contribution in [1.29, 1.82) is 0 Å². The number of aryl methyl sites for hydroxylation is 1. The fraction of sp³-hybridized carbons (Fsp3) is 0.480. The lowest BCUT2D eigenvalue weighted by molar-refractivity contribution is -0.126. The van der Waals surface area contributed by atoms with Gasteiger partial charge in [-0.25, -0.2) is 12.7 Å². The second-order valence-electron chi connectivity index (χ2n) is 8.74. The van der Waals surface area contributed by atoms with Crippen molar-refractivity contribution in [3.63, 3.8) is 0 Å². The van der Waals surface area contributed by atoms with Gasteiger partial charge in [-0.3, -0.25) is 4.79 Å². The van der Waals surface area contributed by atoms with E-state index in [9.17, 15) is 13.2 Å². The Balaban J connectivity index is 1.31. The van der Waals surface area contributed by atoms with Gasteiger partial charge < -0.3 is 14.8 Å². The van der Waals surface area contributed by atoms with Gasteiger partial charge in [-0.15, -0.1) is 0 Å². The molecule has 1 fully saturated rings. The molecule has 2 aromatic carbocycles. The minimum Gasteiger partial charge on any atom is -0.486 e. The molecule has 0 aliphatic carbocycles. The van der Waals surface area contributed by atoms with E-state index in [1.54, 1.807) is 0 Å². The Bertz CT molecular complexity index is 1060. The molecule has 0 spiro atoms. The average Bonchev–Trinajstić information content (AvgIpc) is 2.84. The summed E-state index contributed by atoms with van der Waals surface area (Å²) in [6.45, 7) is 3.69. The predicted molar refractivity (Wildman–Crippen MR) is 127 cm³/mol. The summed E-state index contributed by atoms with van der Waals surface area (Å²) >= 11 is 0. The first-order chi connectivity index (χ1) is 15.9. The standard InChI is InChI=1S/C25H32N2O5S/c1-19(21-11-12-23-24(17-21)32-15-14-31-23)26-25(28)22-10-5-13-27(18-22)33(29,30)16-6-9-20-7-3-2-4-8-20/h2-4,7-8,11-12,17,19,22H,5-6,9-10,13-16,18H2,1H3,(H,26,28)/t19-,22-/m0/s1. The van der Waals surface area contributed by atoms with Crippen molar-refractivity contribution in [1.82, 2.24) is 9.62 Å². The van der Waals surface area contributed by atoms with Crippen molar-refractivity contribution in [2.24, 2.45) is 5.92 Å². The number of nitrogens with one attached hydrogen (secondary N) is 1. The fourth-order valence-corrected chi connectivity index (χ4v) is 5.97. The van der Waals surface area contributed by atoms with Crippen LogP contribution < -0.4 is 14.8 Å². The zero-order valence-electron chi connectivity index (χ0n) is 19.0. The zero-order valence-corrected chi connectivity index (χ0v) is 19.9. The van der Waals surface area contributed by atoms with Crippen LogP contribution in [0.1, 0.15) is 43.4 Å². The highest BCUT2D eigenvalue weighted by atomic mass is 32.2. The van der Waals surface area contributed by atoms with E-state index >= 15 is 0 Å². The van der Waals surface area contributed by atoms with Crippen molar-refractivity contribution in [2.45, 2.75) is 38.6 Å². The molecular formula is C25H32N2O5S. The first-order valence-electron chi connectivity index (χ1n) is 11.6. The van der Waals surface area contributed by atoms with E-state index in [0.29, 0.717) is 50.5 Å². The van der Waals surface area contributed by atoms with E-state index in [0.717, 1.165) is 17.5 Å². The Morgan fingerprint density at radius 2 is 1.88 bits per heavy atom. The molecule has 4 rings (SSSR count). The summed E-state index contributed by atoms with van der Waals surface area (Å²) in [5.41, 5.74) is 2.06. The number of rotatable bonds is 8.